The minimum absolute atomic E-state index is 0.120. The van der Waals surface area contributed by atoms with Crippen LogP contribution in [-0.2, 0) is 10.5 Å². The molecule has 0 saturated carbocycles. The molecule has 8 heteroatoms. The monoisotopic (exact) mass is 431 g/mol. The summed E-state index contributed by atoms with van der Waals surface area (Å²) in [5.41, 5.74) is 3.25. The molecule has 0 unspecified atom stereocenters. The maximum Gasteiger partial charge on any atom is 0.234 e. The van der Waals surface area contributed by atoms with E-state index in [4.69, 9.17) is 0 Å². The molecule has 0 atom stereocenters. The molecule has 2 N–H and O–H groups in total. The molecule has 0 spiro atoms. The van der Waals surface area contributed by atoms with Gasteiger partial charge in [-0.15, -0.1) is 10.2 Å². The number of nitrogens with zero attached hydrogens (tertiary/aromatic N) is 2. The predicted octanol–water partition coefficient (Wildman–Crippen LogP) is 5.39. The Hall–Kier alpha value is -2.03. The van der Waals surface area contributed by atoms with E-state index in [2.05, 4.69) is 53.6 Å². The fourth-order valence-corrected chi connectivity index (χ4v) is 5.10. The van der Waals surface area contributed by atoms with Crippen LogP contribution in [0.3, 0.4) is 0 Å². The van der Waals surface area contributed by atoms with Gasteiger partial charge in [-0.25, -0.2) is 0 Å². The molecular weight excluding hydrogens is 410 g/mol. The Morgan fingerprint density at radius 3 is 2.32 bits per heavy atom. The van der Waals surface area contributed by atoms with E-state index in [0.717, 1.165) is 14.4 Å². The molecule has 3 rings (SSSR count). The van der Waals surface area contributed by atoms with Gasteiger partial charge < -0.3 is 10.4 Å². The van der Waals surface area contributed by atoms with Gasteiger partial charge >= 0.3 is 0 Å². The number of benzene rings is 2. The van der Waals surface area contributed by atoms with Crippen molar-refractivity contribution in [1.29, 1.82) is 0 Å². The Morgan fingerprint density at radius 1 is 1.04 bits per heavy atom. The normalized spacial score (nSPS) is 11.0. The van der Waals surface area contributed by atoms with Crippen LogP contribution < -0.4 is 5.32 Å². The van der Waals surface area contributed by atoms with E-state index >= 15 is 0 Å². The highest BCUT2D eigenvalue weighted by Gasteiger charge is 2.09. The number of nitrogens with one attached hydrogen (secondary N) is 1. The lowest BCUT2D eigenvalue weighted by Gasteiger charge is -2.06. The number of phenols is 1. The van der Waals surface area contributed by atoms with Crippen molar-refractivity contribution in [3.63, 3.8) is 0 Å². The lowest BCUT2D eigenvalue weighted by atomic mass is 10.0. The second-order valence-corrected chi connectivity index (χ2v) is 9.83. The highest BCUT2D eigenvalue weighted by atomic mass is 32.2. The number of hydrogen-bond donors (Lipinski definition) is 2. The van der Waals surface area contributed by atoms with Crippen LogP contribution in [-0.4, -0.2) is 27.0 Å². The maximum absolute atomic E-state index is 12.0. The van der Waals surface area contributed by atoms with Crippen LogP contribution in [0.5, 0.6) is 5.75 Å². The molecule has 0 fully saturated rings. The molecule has 0 aliphatic heterocycles. The molecule has 0 saturated heterocycles. The molecule has 3 aromatic rings. The zero-order valence-corrected chi connectivity index (χ0v) is 18.0. The smallest absolute Gasteiger partial charge is 0.234 e. The number of carbonyl (C=O) groups is 1. The molecule has 0 aliphatic rings. The van der Waals surface area contributed by atoms with Gasteiger partial charge in [0.1, 0.15) is 5.75 Å². The van der Waals surface area contributed by atoms with Gasteiger partial charge in [-0.1, -0.05) is 73.0 Å². The first-order valence-electron chi connectivity index (χ1n) is 8.76. The Bertz CT molecular complexity index is 909. The topological polar surface area (TPSA) is 75.1 Å². The van der Waals surface area contributed by atoms with E-state index in [1.807, 2.05) is 0 Å². The van der Waals surface area contributed by atoms with Crippen molar-refractivity contribution in [2.45, 2.75) is 34.2 Å². The number of aromatic nitrogens is 2. The molecule has 1 amide bonds. The van der Waals surface area contributed by atoms with E-state index < -0.39 is 0 Å². The number of anilines is 1. The lowest BCUT2D eigenvalue weighted by Crippen LogP contribution is -2.13. The van der Waals surface area contributed by atoms with Crippen LogP contribution in [0.1, 0.15) is 30.9 Å². The third-order valence-electron chi connectivity index (χ3n) is 3.87. The fourth-order valence-electron chi connectivity index (χ4n) is 2.33. The van der Waals surface area contributed by atoms with Gasteiger partial charge in [-0.2, -0.15) is 0 Å². The van der Waals surface area contributed by atoms with Gasteiger partial charge in [-0.3, -0.25) is 4.79 Å². The second kappa shape index (κ2) is 9.95. The van der Waals surface area contributed by atoms with Crippen LogP contribution >= 0.6 is 34.9 Å². The minimum Gasteiger partial charge on any atom is -0.508 e. The SMILES string of the molecule is CC(C)c1ccc(CSc2nnc(SCC(=O)Nc3ccc(O)cc3)s2)cc1. The summed E-state index contributed by atoms with van der Waals surface area (Å²) in [5, 5.41) is 20.4. The molecule has 5 nitrogen and oxygen atoms in total. The second-order valence-electron chi connectivity index (χ2n) is 6.40. The highest BCUT2D eigenvalue weighted by molar-refractivity contribution is 8.03. The lowest BCUT2D eigenvalue weighted by molar-refractivity contribution is -0.113. The highest BCUT2D eigenvalue weighted by Crippen LogP contribution is 2.31. The zero-order chi connectivity index (χ0) is 19.9. The summed E-state index contributed by atoms with van der Waals surface area (Å²) in [7, 11) is 0. The molecule has 0 radical (unpaired) electrons. The molecule has 0 bridgehead atoms. The van der Waals surface area contributed by atoms with E-state index in [1.54, 1.807) is 23.9 Å². The van der Waals surface area contributed by atoms with Gasteiger partial charge in [0.25, 0.3) is 0 Å². The van der Waals surface area contributed by atoms with Gasteiger partial charge in [0.05, 0.1) is 5.75 Å². The van der Waals surface area contributed by atoms with Crippen molar-refractivity contribution in [3.8, 4) is 5.75 Å². The number of thioether (sulfide) groups is 2. The van der Waals surface area contributed by atoms with Crippen molar-refractivity contribution >= 4 is 46.5 Å². The molecule has 0 aliphatic carbocycles. The average Bonchev–Trinajstić information content (AvgIpc) is 3.15. The van der Waals surface area contributed by atoms with Crippen molar-refractivity contribution < 1.29 is 9.90 Å². The maximum atomic E-state index is 12.0. The van der Waals surface area contributed by atoms with Crippen LogP contribution in [0, 0.1) is 0 Å². The summed E-state index contributed by atoms with van der Waals surface area (Å²) in [6, 6.07) is 15.1. The van der Waals surface area contributed by atoms with E-state index in [1.165, 1.54) is 46.4 Å². The van der Waals surface area contributed by atoms with Gasteiger partial charge in [0, 0.05) is 11.4 Å². The summed E-state index contributed by atoms with van der Waals surface area (Å²) < 4.78 is 1.67. The summed E-state index contributed by atoms with van der Waals surface area (Å²) in [5.74, 6) is 1.69. The van der Waals surface area contributed by atoms with Crippen LogP contribution in [0.4, 0.5) is 5.69 Å². The van der Waals surface area contributed by atoms with Gasteiger partial charge in [0.15, 0.2) is 8.68 Å². The first-order chi connectivity index (χ1) is 13.5. The average molecular weight is 432 g/mol. The third-order valence-corrected chi connectivity index (χ3v) is 7.14. The number of rotatable bonds is 8. The summed E-state index contributed by atoms with van der Waals surface area (Å²) >= 11 is 4.52. The molecule has 1 heterocycles. The first-order valence-corrected chi connectivity index (χ1v) is 11.5. The third kappa shape index (κ3) is 6.25. The van der Waals surface area contributed by atoms with Gasteiger partial charge in [0.2, 0.25) is 5.91 Å². The number of hydrogen-bond acceptors (Lipinski definition) is 7. The standard InChI is InChI=1S/C20H21N3O2S3/c1-13(2)15-5-3-14(4-6-15)11-26-19-22-23-20(28-19)27-12-18(25)21-16-7-9-17(24)10-8-16/h3-10,13,24H,11-12H2,1-2H3,(H,21,25). The minimum atomic E-state index is -0.120. The van der Waals surface area contributed by atoms with Crippen molar-refractivity contribution in [1.82, 2.24) is 10.2 Å². The summed E-state index contributed by atoms with van der Waals surface area (Å²) in [6.45, 7) is 4.38. The molecule has 146 valence electrons. The number of amides is 1. The molecule has 2 aromatic carbocycles. The Morgan fingerprint density at radius 2 is 1.68 bits per heavy atom. The van der Waals surface area contributed by atoms with Gasteiger partial charge in [-0.05, 0) is 41.3 Å². The van der Waals surface area contributed by atoms with Crippen molar-refractivity contribution in [3.05, 3.63) is 59.7 Å². The van der Waals surface area contributed by atoms with Crippen molar-refractivity contribution in [2.24, 2.45) is 0 Å². The molecule has 28 heavy (non-hydrogen) atoms. The summed E-state index contributed by atoms with van der Waals surface area (Å²) in [4.78, 5) is 12.0. The quantitative estimate of drug-likeness (QED) is 0.368. The molecular formula is C20H21N3O2S3. The molecule has 1 aromatic heterocycles. The van der Waals surface area contributed by atoms with Crippen LogP contribution in [0.25, 0.3) is 0 Å². The van der Waals surface area contributed by atoms with Crippen LogP contribution in [0.2, 0.25) is 0 Å². The fraction of sp³-hybridized carbons (Fsp3) is 0.250. The van der Waals surface area contributed by atoms with E-state index in [-0.39, 0.29) is 17.4 Å². The predicted molar refractivity (Wildman–Crippen MR) is 117 cm³/mol. The Kier molecular flexibility index (Phi) is 7.36. The first kappa shape index (κ1) is 20.7. The number of phenolic OH excluding ortho intramolecular Hbond substituents is 1. The Labute approximate surface area is 177 Å². The largest absolute Gasteiger partial charge is 0.508 e. The van der Waals surface area contributed by atoms with Crippen LogP contribution in [0.15, 0.2) is 57.2 Å². The summed E-state index contributed by atoms with van der Waals surface area (Å²) in [6.07, 6.45) is 0. The van der Waals surface area contributed by atoms with Crippen molar-refractivity contribution in [2.75, 3.05) is 11.1 Å². The Balaban J connectivity index is 1.44. The van der Waals surface area contributed by atoms with E-state index in [0.29, 0.717) is 11.6 Å². The number of carbonyl (C=O) groups excluding carboxylic acids is 1. The van der Waals surface area contributed by atoms with E-state index in [9.17, 15) is 9.90 Å². The number of aromatic hydroxyl groups is 1. The zero-order valence-electron chi connectivity index (χ0n) is 15.6.